The minimum Gasteiger partial charge on any atom is -0.448 e. The molecule has 0 bridgehead atoms. The van der Waals surface area contributed by atoms with Crippen LogP contribution < -0.4 is 5.32 Å². The predicted octanol–water partition coefficient (Wildman–Crippen LogP) is 4.15. The first-order valence-corrected chi connectivity index (χ1v) is 8.05. The van der Waals surface area contributed by atoms with Crippen LogP contribution in [0, 0.1) is 0 Å². The molecule has 2 rings (SSSR count). The number of amides is 1. The van der Waals surface area contributed by atoms with Gasteiger partial charge in [0.05, 0.1) is 4.34 Å². The second kappa shape index (κ2) is 7.42. The number of thiophene rings is 1. The second-order valence-electron chi connectivity index (χ2n) is 4.69. The van der Waals surface area contributed by atoms with E-state index >= 15 is 0 Å². The highest BCUT2D eigenvalue weighted by Crippen LogP contribution is 2.22. The average molecular weight is 338 g/mol. The molecule has 0 radical (unpaired) electrons. The summed E-state index contributed by atoms with van der Waals surface area (Å²) in [5.74, 6) is -0.930. The molecule has 1 atom stereocenters. The summed E-state index contributed by atoms with van der Waals surface area (Å²) in [6.07, 6.45) is 0.0465. The van der Waals surface area contributed by atoms with Crippen molar-refractivity contribution in [1.82, 2.24) is 0 Å². The molecule has 0 spiro atoms. The number of ether oxygens (including phenoxy) is 1. The summed E-state index contributed by atoms with van der Waals surface area (Å²) in [7, 11) is 0. The lowest BCUT2D eigenvalue weighted by Gasteiger charge is -2.13. The number of anilines is 1. The molecular weight excluding hydrogens is 322 g/mol. The molecule has 22 heavy (non-hydrogen) atoms. The lowest BCUT2D eigenvalue weighted by Crippen LogP contribution is -2.29. The van der Waals surface area contributed by atoms with E-state index in [1.165, 1.54) is 12.5 Å². The van der Waals surface area contributed by atoms with E-state index in [1.54, 1.807) is 12.1 Å². The van der Waals surface area contributed by atoms with Gasteiger partial charge < -0.3 is 10.1 Å². The smallest absolute Gasteiger partial charge is 0.349 e. The summed E-state index contributed by atoms with van der Waals surface area (Å²) in [5.41, 5.74) is 1.86. The molecular formula is C16H16ClNO3S. The van der Waals surface area contributed by atoms with Crippen molar-refractivity contribution >= 4 is 40.5 Å². The van der Waals surface area contributed by atoms with E-state index in [0.717, 1.165) is 17.8 Å². The predicted molar refractivity (Wildman–Crippen MR) is 88.7 cm³/mol. The summed E-state index contributed by atoms with van der Waals surface area (Å²) in [4.78, 5) is 24.3. The quantitative estimate of drug-likeness (QED) is 0.834. The summed E-state index contributed by atoms with van der Waals surface area (Å²) < 4.78 is 5.63. The molecule has 0 saturated carbocycles. The van der Waals surface area contributed by atoms with E-state index in [2.05, 4.69) is 12.2 Å². The Hall–Kier alpha value is -1.85. The van der Waals surface area contributed by atoms with Gasteiger partial charge in [-0.05, 0) is 43.2 Å². The lowest BCUT2D eigenvalue weighted by molar-refractivity contribution is -0.123. The molecule has 1 aromatic carbocycles. The Morgan fingerprint density at radius 2 is 1.91 bits per heavy atom. The first-order valence-electron chi connectivity index (χ1n) is 6.85. The molecule has 0 aliphatic heterocycles. The monoisotopic (exact) mass is 337 g/mol. The van der Waals surface area contributed by atoms with Crippen molar-refractivity contribution in [3.05, 3.63) is 51.2 Å². The second-order valence-corrected chi connectivity index (χ2v) is 6.41. The van der Waals surface area contributed by atoms with Crippen molar-refractivity contribution in [1.29, 1.82) is 0 Å². The number of aryl methyl sites for hydroxylation is 1. The Bertz CT molecular complexity index is 666. The zero-order chi connectivity index (χ0) is 16.1. The molecule has 0 fully saturated rings. The standard InChI is InChI=1S/C16H16ClNO3S/c1-3-11-4-6-12(7-5-11)18-15(19)10(2)21-16(20)13-8-9-14(17)22-13/h4-10H,3H2,1-2H3,(H,18,19)/t10-/m0/s1. The third-order valence-corrected chi connectivity index (χ3v) is 4.27. The van der Waals surface area contributed by atoms with Gasteiger partial charge in [-0.2, -0.15) is 0 Å². The van der Waals surface area contributed by atoms with Gasteiger partial charge in [-0.1, -0.05) is 30.7 Å². The number of rotatable bonds is 5. The average Bonchev–Trinajstić information content (AvgIpc) is 2.94. The molecule has 0 saturated heterocycles. The third-order valence-electron chi connectivity index (χ3n) is 3.06. The van der Waals surface area contributed by atoms with Crippen molar-refractivity contribution in [3.8, 4) is 0 Å². The van der Waals surface area contributed by atoms with Gasteiger partial charge in [0.25, 0.3) is 5.91 Å². The van der Waals surface area contributed by atoms with Gasteiger partial charge in [-0.3, -0.25) is 4.79 Å². The number of carbonyl (C=O) groups excluding carboxylic acids is 2. The number of hydrogen-bond donors (Lipinski definition) is 1. The lowest BCUT2D eigenvalue weighted by atomic mass is 10.1. The fraction of sp³-hybridized carbons (Fsp3) is 0.250. The molecule has 116 valence electrons. The number of benzene rings is 1. The minimum atomic E-state index is -0.890. The van der Waals surface area contributed by atoms with Crippen LogP contribution in [0.4, 0.5) is 5.69 Å². The maximum Gasteiger partial charge on any atom is 0.349 e. The van der Waals surface area contributed by atoms with Crippen LogP contribution in [-0.2, 0) is 16.0 Å². The largest absolute Gasteiger partial charge is 0.448 e. The van der Waals surface area contributed by atoms with Gasteiger partial charge >= 0.3 is 5.97 Å². The van der Waals surface area contributed by atoms with Gasteiger partial charge in [-0.25, -0.2) is 4.79 Å². The number of nitrogens with one attached hydrogen (secondary N) is 1. The van der Waals surface area contributed by atoms with Gasteiger partial charge in [0.1, 0.15) is 4.88 Å². The van der Waals surface area contributed by atoms with E-state index in [9.17, 15) is 9.59 Å². The van der Waals surface area contributed by atoms with Crippen LogP contribution in [0.15, 0.2) is 36.4 Å². The van der Waals surface area contributed by atoms with E-state index in [4.69, 9.17) is 16.3 Å². The third kappa shape index (κ3) is 4.32. The molecule has 0 aliphatic rings. The molecule has 6 heteroatoms. The molecule has 4 nitrogen and oxygen atoms in total. The summed E-state index contributed by atoms with van der Waals surface area (Å²) >= 11 is 6.88. The maximum atomic E-state index is 12.0. The number of carbonyl (C=O) groups is 2. The normalized spacial score (nSPS) is 11.8. The van der Waals surface area contributed by atoms with E-state index in [0.29, 0.717) is 14.9 Å². The molecule has 1 aromatic heterocycles. The minimum absolute atomic E-state index is 0.372. The van der Waals surface area contributed by atoms with E-state index < -0.39 is 12.1 Å². The molecule has 0 aliphatic carbocycles. The van der Waals surface area contributed by atoms with E-state index in [-0.39, 0.29) is 5.91 Å². The number of esters is 1. The van der Waals surface area contributed by atoms with Crippen LogP contribution in [0.5, 0.6) is 0 Å². The van der Waals surface area contributed by atoms with Crippen molar-refractivity contribution in [3.63, 3.8) is 0 Å². The molecule has 1 amide bonds. The summed E-state index contributed by atoms with van der Waals surface area (Å²) in [6.45, 7) is 3.59. The van der Waals surface area contributed by atoms with Gasteiger partial charge in [0.2, 0.25) is 0 Å². The molecule has 0 unspecified atom stereocenters. The van der Waals surface area contributed by atoms with Crippen LogP contribution >= 0.6 is 22.9 Å². The fourth-order valence-corrected chi connectivity index (χ4v) is 2.69. The zero-order valence-electron chi connectivity index (χ0n) is 12.3. The topological polar surface area (TPSA) is 55.4 Å². The summed E-state index contributed by atoms with van der Waals surface area (Å²) in [5, 5.41) is 2.72. The van der Waals surface area contributed by atoms with Crippen molar-refractivity contribution in [2.24, 2.45) is 0 Å². The van der Waals surface area contributed by atoms with Crippen molar-refractivity contribution < 1.29 is 14.3 Å². The molecule has 1 heterocycles. The Labute approximate surface area is 138 Å². The van der Waals surface area contributed by atoms with Crippen molar-refractivity contribution in [2.75, 3.05) is 5.32 Å². The van der Waals surface area contributed by atoms with Crippen LogP contribution in [0.1, 0.15) is 29.1 Å². The van der Waals surface area contributed by atoms with Crippen LogP contribution in [-0.4, -0.2) is 18.0 Å². The molecule has 1 N–H and O–H groups in total. The highest BCUT2D eigenvalue weighted by atomic mass is 35.5. The Kier molecular flexibility index (Phi) is 5.57. The Balaban J connectivity index is 1.92. The highest BCUT2D eigenvalue weighted by molar-refractivity contribution is 7.17. The summed E-state index contributed by atoms with van der Waals surface area (Å²) in [6, 6.07) is 10.7. The fourth-order valence-electron chi connectivity index (χ4n) is 1.76. The van der Waals surface area contributed by atoms with Gasteiger partial charge in [0, 0.05) is 5.69 Å². The Morgan fingerprint density at radius 1 is 1.23 bits per heavy atom. The van der Waals surface area contributed by atoms with Gasteiger partial charge in [0.15, 0.2) is 6.10 Å². The Morgan fingerprint density at radius 3 is 2.45 bits per heavy atom. The first kappa shape index (κ1) is 16.5. The number of halogens is 1. The molecule has 2 aromatic rings. The van der Waals surface area contributed by atoms with Crippen LogP contribution in [0.2, 0.25) is 4.34 Å². The highest BCUT2D eigenvalue weighted by Gasteiger charge is 2.20. The zero-order valence-corrected chi connectivity index (χ0v) is 13.8. The maximum absolute atomic E-state index is 12.0. The van der Waals surface area contributed by atoms with Gasteiger partial charge in [-0.15, -0.1) is 11.3 Å². The first-order chi connectivity index (χ1) is 10.5. The number of hydrogen-bond acceptors (Lipinski definition) is 4. The van der Waals surface area contributed by atoms with Crippen molar-refractivity contribution in [2.45, 2.75) is 26.4 Å². The van der Waals surface area contributed by atoms with E-state index in [1.807, 2.05) is 24.3 Å². The van der Waals surface area contributed by atoms with Crippen LogP contribution in [0.25, 0.3) is 0 Å². The SMILES string of the molecule is CCc1ccc(NC(=O)[C@H](C)OC(=O)c2ccc(Cl)s2)cc1. The van der Waals surface area contributed by atoms with Crippen LogP contribution in [0.3, 0.4) is 0 Å².